The van der Waals surface area contributed by atoms with Gasteiger partial charge in [-0.15, -0.1) is 0 Å². The molecule has 0 amide bonds. The minimum absolute atomic E-state index is 0.318. The second-order valence-electron chi connectivity index (χ2n) is 3.35. The number of hydrogen-bond donors (Lipinski definition) is 1. The lowest BCUT2D eigenvalue weighted by molar-refractivity contribution is 0.578. The first-order chi connectivity index (χ1) is 4.31. The van der Waals surface area contributed by atoms with E-state index < -0.39 is 9.73 Å². The van der Waals surface area contributed by atoms with Crippen molar-refractivity contribution in [3.8, 4) is 0 Å². The van der Waals surface area contributed by atoms with Crippen molar-refractivity contribution >= 4 is 9.73 Å². The van der Waals surface area contributed by atoms with E-state index >= 15 is 0 Å². The molecule has 0 radical (unpaired) electrons. The van der Waals surface area contributed by atoms with Gasteiger partial charge in [-0.2, -0.15) is 0 Å². The molecule has 0 rings (SSSR count). The molecule has 0 aliphatic carbocycles. The van der Waals surface area contributed by atoms with Crippen molar-refractivity contribution in [3.63, 3.8) is 0 Å². The first-order valence-electron chi connectivity index (χ1n) is 3.54. The van der Waals surface area contributed by atoms with Gasteiger partial charge in [-0.3, -0.25) is 4.78 Å². The van der Waals surface area contributed by atoms with Gasteiger partial charge in [0, 0.05) is 20.7 Å². The highest BCUT2D eigenvalue weighted by atomic mass is 32.2. The van der Waals surface area contributed by atoms with Crippen LogP contribution < -0.4 is 0 Å². The molecule has 62 valence electrons. The van der Waals surface area contributed by atoms with Gasteiger partial charge in [-0.25, -0.2) is 4.21 Å². The van der Waals surface area contributed by atoms with Crippen LogP contribution in [0.1, 0.15) is 33.6 Å². The van der Waals surface area contributed by atoms with Gasteiger partial charge >= 0.3 is 0 Å². The third kappa shape index (κ3) is 2.29. The Morgan fingerprint density at radius 2 is 1.90 bits per heavy atom. The summed E-state index contributed by atoms with van der Waals surface area (Å²) in [7, 11) is -2.36. The minimum Gasteiger partial charge on any atom is -0.253 e. The molecule has 0 bridgehead atoms. The van der Waals surface area contributed by atoms with Gasteiger partial charge in [-0.1, -0.05) is 13.3 Å². The van der Waals surface area contributed by atoms with E-state index in [-0.39, 0.29) is 4.75 Å². The molecule has 0 aliphatic rings. The molecule has 0 aromatic rings. The molecular weight excluding hydrogens is 146 g/mol. The average Bonchev–Trinajstić information content (AvgIpc) is 1.61. The van der Waals surface area contributed by atoms with Crippen molar-refractivity contribution in [2.75, 3.05) is 6.26 Å². The summed E-state index contributed by atoms with van der Waals surface area (Å²) in [6.07, 6.45) is 3.38. The maximum Gasteiger partial charge on any atom is 0.0480 e. The lowest BCUT2D eigenvalue weighted by Gasteiger charge is -2.23. The number of hydrogen-bond acceptors (Lipinski definition) is 2. The lowest BCUT2D eigenvalue weighted by Crippen LogP contribution is -2.29. The standard InChI is InChI=1S/C7H17NOS/c1-5-6-7(2,3)10(4,8)9/h8H,5-6H2,1-4H3. The third-order valence-corrected chi connectivity index (χ3v) is 4.22. The molecule has 10 heavy (non-hydrogen) atoms. The van der Waals surface area contributed by atoms with Crippen LogP contribution in [0.25, 0.3) is 0 Å². The van der Waals surface area contributed by atoms with E-state index in [2.05, 4.69) is 0 Å². The maximum absolute atomic E-state index is 11.3. The molecule has 0 fully saturated rings. The molecule has 2 nitrogen and oxygen atoms in total. The second kappa shape index (κ2) is 2.91. The molecule has 0 heterocycles. The summed E-state index contributed by atoms with van der Waals surface area (Å²) < 4.78 is 18.3. The third-order valence-electron chi connectivity index (χ3n) is 1.91. The second-order valence-corrected chi connectivity index (χ2v) is 6.15. The normalized spacial score (nSPS) is 18.4. The van der Waals surface area contributed by atoms with Gasteiger partial charge in [0.05, 0.1) is 0 Å². The summed E-state index contributed by atoms with van der Waals surface area (Å²) >= 11 is 0. The Morgan fingerprint density at radius 3 is 2.00 bits per heavy atom. The summed E-state index contributed by atoms with van der Waals surface area (Å²) in [5.41, 5.74) is 0. The molecule has 1 atom stereocenters. The van der Waals surface area contributed by atoms with Crippen molar-refractivity contribution < 1.29 is 4.21 Å². The Morgan fingerprint density at radius 1 is 1.50 bits per heavy atom. The molecule has 1 unspecified atom stereocenters. The van der Waals surface area contributed by atoms with E-state index in [1.54, 1.807) is 0 Å². The van der Waals surface area contributed by atoms with Gasteiger partial charge in [0.15, 0.2) is 0 Å². The van der Waals surface area contributed by atoms with Gasteiger partial charge in [0.1, 0.15) is 0 Å². The predicted molar refractivity (Wildman–Crippen MR) is 45.8 cm³/mol. The fourth-order valence-corrected chi connectivity index (χ4v) is 1.39. The Bertz CT molecular complexity index is 192. The summed E-state index contributed by atoms with van der Waals surface area (Å²) in [6, 6.07) is 0. The van der Waals surface area contributed by atoms with E-state index in [0.717, 1.165) is 12.8 Å². The molecule has 3 heteroatoms. The van der Waals surface area contributed by atoms with E-state index in [0.29, 0.717) is 0 Å². The zero-order chi connectivity index (χ0) is 8.41. The molecule has 0 spiro atoms. The van der Waals surface area contributed by atoms with Crippen molar-refractivity contribution in [1.82, 2.24) is 0 Å². The SMILES string of the molecule is CCCC(C)(C)S(C)(=N)=O. The van der Waals surface area contributed by atoms with Crippen LogP contribution in [-0.2, 0) is 9.73 Å². The fraction of sp³-hybridized carbons (Fsp3) is 1.00. The Hall–Kier alpha value is -0.0500. The molecule has 0 aliphatic heterocycles. The van der Waals surface area contributed by atoms with Gasteiger partial charge in [0.2, 0.25) is 0 Å². The van der Waals surface area contributed by atoms with Gasteiger partial charge < -0.3 is 0 Å². The van der Waals surface area contributed by atoms with E-state index in [4.69, 9.17) is 4.78 Å². The van der Waals surface area contributed by atoms with E-state index in [9.17, 15) is 4.21 Å². The predicted octanol–water partition coefficient (Wildman–Crippen LogP) is 2.24. The highest BCUT2D eigenvalue weighted by molar-refractivity contribution is 7.93. The fourth-order valence-electron chi connectivity index (χ4n) is 0.797. The van der Waals surface area contributed by atoms with Gasteiger partial charge in [-0.05, 0) is 20.3 Å². The highest BCUT2D eigenvalue weighted by Gasteiger charge is 2.25. The zero-order valence-corrected chi connectivity index (χ0v) is 8.05. The molecular formula is C7H17NOS. The summed E-state index contributed by atoms with van der Waals surface area (Å²) in [5.74, 6) is 0. The average molecular weight is 163 g/mol. The van der Waals surface area contributed by atoms with Crippen LogP contribution in [0.5, 0.6) is 0 Å². The molecule has 0 saturated heterocycles. The van der Waals surface area contributed by atoms with Crippen LogP contribution in [0, 0.1) is 4.78 Å². The Labute approximate surface area is 64.0 Å². The van der Waals surface area contributed by atoms with E-state index in [1.165, 1.54) is 6.26 Å². The molecule has 0 aromatic carbocycles. The maximum atomic E-state index is 11.3. The number of nitrogens with one attached hydrogen (secondary N) is 1. The summed E-state index contributed by atoms with van der Waals surface area (Å²) in [4.78, 5) is 0. The molecule has 0 aromatic heterocycles. The Balaban J connectivity index is 4.42. The van der Waals surface area contributed by atoms with Crippen LogP contribution in [0.3, 0.4) is 0 Å². The smallest absolute Gasteiger partial charge is 0.0480 e. The summed E-state index contributed by atoms with van der Waals surface area (Å²) in [5, 5.41) is 0. The van der Waals surface area contributed by atoms with Crippen LogP contribution in [0.15, 0.2) is 0 Å². The number of rotatable bonds is 3. The topological polar surface area (TPSA) is 40.9 Å². The van der Waals surface area contributed by atoms with Crippen LogP contribution in [-0.4, -0.2) is 15.2 Å². The zero-order valence-electron chi connectivity index (χ0n) is 7.23. The monoisotopic (exact) mass is 163 g/mol. The quantitative estimate of drug-likeness (QED) is 0.681. The van der Waals surface area contributed by atoms with Crippen molar-refractivity contribution in [2.45, 2.75) is 38.4 Å². The van der Waals surface area contributed by atoms with Crippen molar-refractivity contribution in [3.05, 3.63) is 0 Å². The van der Waals surface area contributed by atoms with Crippen LogP contribution in [0.2, 0.25) is 0 Å². The lowest BCUT2D eigenvalue weighted by atomic mass is 10.1. The molecule has 0 saturated carbocycles. The molecule has 1 N–H and O–H groups in total. The largest absolute Gasteiger partial charge is 0.253 e. The van der Waals surface area contributed by atoms with Crippen molar-refractivity contribution in [2.24, 2.45) is 0 Å². The minimum atomic E-state index is -2.36. The summed E-state index contributed by atoms with van der Waals surface area (Å²) in [6.45, 7) is 5.84. The highest BCUT2D eigenvalue weighted by Crippen LogP contribution is 2.21. The van der Waals surface area contributed by atoms with Crippen LogP contribution >= 0.6 is 0 Å². The first-order valence-corrected chi connectivity index (χ1v) is 5.51. The van der Waals surface area contributed by atoms with Crippen LogP contribution in [0.4, 0.5) is 0 Å². The Kier molecular flexibility index (Phi) is 2.89. The van der Waals surface area contributed by atoms with E-state index in [1.807, 2.05) is 20.8 Å². The van der Waals surface area contributed by atoms with Gasteiger partial charge in [0.25, 0.3) is 0 Å². The van der Waals surface area contributed by atoms with Crippen molar-refractivity contribution in [1.29, 1.82) is 4.78 Å². The first kappa shape index (κ1) is 9.95.